The number of hydrogen-bond donors (Lipinski definition) is 2. The Morgan fingerprint density at radius 3 is 2.59 bits per heavy atom. The molecule has 17 heavy (non-hydrogen) atoms. The van der Waals surface area contributed by atoms with E-state index in [0.29, 0.717) is 32.6 Å². The Kier molecular flexibility index (Phi) is 5.41. The quantitative estimate of drug-likeness (QED) is 0.627. The zero-order chi connectivity index (χ0) is 12.7. The van der Waals surface area contributed by atoms with Crippen LogP contribution in [0.15, 0.2) is 0 Å². The third kappa shape index (κ3) is 4.00. The van der Waals surface area contributed by atoms with Crippen molar-refractivity contribution in [2.24, 2.45) is 5.41 Å². The van der Waals surface area contributed by atoms with Crippen LogP contribution in [0.25, 0.3) is 0 Å². The van der Waals surface area contributed by atoms with Gasteiger partial charge >= 0.3 is 5.97 Å². The molecule has 0 aromatic rings. The Balaban J connectivity index is 2.18. The van der Waals surface area contributed by atoms with Crippen molar-refractivity contribution in [3.05, 3.63) is 0 Å². The van der Waals surface area contributed by atoms with E-state index in [1.165, 1.54) is 0 Å². The molecule has 0 aliphatic heterocycles. The molecule has 1 saturated carbocycles. The molecule has 1 aliphatic carbocycles. The van der Waals surface area contributed by atoms with Gasteiger partial charge in [0.2, 0.25) is 5.91 Å². The lowest BCUT2D eigenvalue weighted by Crippen LogP contribution is -2.42. The summed E-state index contributed by atoms with van der Waals surface area (Å²) in [6.45, 7) is 3.78. The van der Waals surface area contributed by atoms with E-state index in [1.807, 2.05) is 6.92 Å². The van der Waals surface area contributed by atoms with Gasteiger partial charge in [-0.2, -0.15) is 0 Å². The van der Waals surface area contributed by atoms with Crippen LogP contribution in [0.5, 0.6) is 0 Å². The lowest BCUT2D eigenvalue weighted by atomic mass is 9.66. The molecule has 1 rings (SSSR count). The Morgan fingerprint density at radius 2 is 2.12 bits per heavy atom. The van der Waals surface area contributed by atoms with Gasteiger partial charge in [-0.3, -0.25) is 9.59 Å². The van der Waals surface area contributed by atoms with E-state index < -0.39 is 11.4 Å². The molecule has 0 saturated heterocycles. The van der Waals surface area contributed by atoms with Crippen molar-refractivity contribution in [1.29, 1.82) is 0 Å². The van der Waals surface area contributed by atoms with Crippen LogP contribution in [-0.2, 0) is 14.3 Å². The highest BCUT2D eigenvalue weighted by molar-refractivity contribution is 5.85. The fraction of sp³-hybridized carbons (Fsp3) is 0.833. The van der Waals surface area contributed by atoms with Crippen LogP contribution in [0.2, 0.25) is 0 Å². The molecule has 2 N–H and O–H groups in total. The number of carboxylic acids is 1. The summed E-state index contributed by atoms with van der Waals surface area (Å²) in [6.07, 6.45) is 3.02. The van der Waals surface area contributed by atoms with E-state index >= 15 is 0 Å². The summed E-state index contributed by atoms with van der Waals surface area (Å²) in [6, 6.07) is 0. The van der Waals surface area contributed by atoms with E-state index in [2.05, 4.69) is 5.32 Å². The first kappa shape index (κ1) is 14.0. The molecule has 0 atom stereocenters. The fourth-order valence-electron chi connectivity index (χ4n) is 1.99. The highest BCUT2D eigenvalue weighted by atomic mass is 16.5. The molecule has 1 amide bonds. The number of rotatable bonds is 8. The average Bonchev–Trinajstić information content (AvgIpc) is 2.22. The number of carboxylic acid groups (broad SMARTS) is 1. The Morgan fingerprint density at radius 1 is 1.41 bits per heavy atom. The summed E-state index contributed by atoms with van der Waals surface area (Å²) in [7, 11) is 0. The second-order valence-corrected chi connectivity index (χ2v) is 4.52. The standard InChI is InChI=1S/C12H21NO4/c1-2-17-8-4-7-13-10(14)9-12(11(15)16)5-3-6-12/h2-9H2,1H3,(H,13,14)(H,15,16). The molecular weight excluding hydrogens is 222 g/mol. The van der Waals surface area contributed by atoms with Crippen LogP contribution in [0.4, 0.5) is 0 Å². The van der Waals surface area contributed by atoms with Crippen LogP contribution in [0.1, 0.15) is 39.0 Å². The third-order valence-electron chi connectivity index (χ3n) is 3.26. The van der Waals surface area contributed by atoms with Gasteiger partial charge < -0.3 is 15.2 Å². The van der Waals surface area contributed by atoms with Gasteiger partial charge in [-0.15, -0.1) is 0 Å². The van der Waals surface area contributed by atoms with E-state index in [-0.39, 0.29) is 12.3 Å². The predicted molar refractivity (Wildman–Crippen MR) is 62.7 cm³/mol. The van der Waals surface area contributed by atoms with E-state index in [4.69, 9.17) is 9.84 Å². The number of nitrogens with one attached hydrogen (secondary N) is 1. The van der Waals surface area contributed by atoms with Crippen LogP contribution in [-0.4, -0.2) is 36.7 Å². The number of amides is 1. The molecule has 1 aliphatic rings. The summed E-state index contributed by atoms with van der Waals surface area (Å²) in [5, 5.41) is 11.8. The van der Waals surface area contributed by atoms with Gasteiger partial charge in [-0.1, -0.05) is 6.42 Å². The monoisotopic (exact) mass is 243 g/mol. The average molecular weight is 243 g/mol. The molecule has 5 heteroatoms. The number of ether oxygens (including phenoxy) is 1. The summed E-state index contributed by atoms with van der Waals surface area (Å²) >= 11 is 0. The zero-order valence-corrected chi connectivity index (χ0v) is 10.3. The molecule has 0 bridgehead atoms. The topological polar surface area (TPSA) is 75.6 Å². The van der Waals surface area contributed by atoms with Crippen molar-refractivity contribution in [2.75, 3.05) is 19.8 Å². The first-order valence-electron chi connectivity index (χ1n) is 6.18. The maximum atomic E-state index is 11.6. The highest BCUT2D eigenvalue weighted by Crippen LogP contribution is 2.44. The molecule has 98 valence electrons. The first-order valence-corrected chi connectivity index (χ1v) is 6.18. The van der Waals surface area contributed by atoms with E-state index in [0.717, 1.165) is 12.8 Å². The molecule has 0 unspecified atom stereocenters. The summed E-state index contributed by atoms with van der Waals surface area (Å²) in [4.78, 5) is 22.6. The van der Waals surface area contributed by atoms with Crippen molar-refractivity contribution in [2.45, 2.75) is 39.0 Å². The lowest BCUT2D eigenvalue weighted by molar-refractivity contribution is -0.157. The minimum absolute atomic E-state index is 0.108. The Labute approximate surface area is 102 Å². The normalized spacial score (nSPS) is 17.2. The van der Waals surface area contributed by atoms with Crippen LogP contribution in [0, 0.1) is 5.41 Å². The van der Waals surface area contributed by atoms with Gasteiger partial charge in [-0.05, 0) is 26.2 Å². The van der Waals surface area contributed by atoms with Crippen molar-refractivity contribution in [1.82, 2.24) is 5.32 Å². The van der Waals surface area contributed by atoms with Gasteiger partial charge in [0.25, 0.3) is 0 Å². The van der Waals surface area contributed by atoms with E-state index in [9.17, 15) is 9.59 Å². The van der Waals surface area contributed by atoms with Gasteiger partial charge in [-0.25, -0.2) is 0 Å². The number of aliphatic carboxylic acids is 1. The second kappa shape index (κ2) is 6.59. The molecule has 5 nitrogen and oxygen atoms in total. The van der Waals surface area contributed by atoms with Crippen LogP contribution in [0.3, 0.4) is 0 Å². The summed E-state index contributed by atoms with van der Waals surface area (Å²) in [5.41, 5.74) is -0.788. The molecule has 0 heterocycles. The van der Waals surface area contributed by atoms with Gasteiger partial charge in [0.1, 0.15) is 0 Å². The second-order valence-electron chi connectivity index (χ2n) is 4.52. The van der Waals surface area contributed by atoms with Crippen molar-refractivity contribution >= 4 is 11.9 Å². The van der Waals surface area contributed by atoms with Crippen molar-refractivity contribution < 1.29 is 19.4 Å². The SMILES string of the molecule is CCOCCCNC(=O)CC1(C(=O)O)CCC1. The smallest absolute Gasteiger partial charge is 0.310 e. The molecule has 0 spiro atoms. The predicted octanol–water partition coefficient (Wildman–Crippen LogP) is 1.17. The van der Waals surface area contributed by atoms with Crippen LogP contribution < -0.4 is 5.32 Å². The molecular formula is C12H21NO4. The summed E-state index contributed by atoms with van der Waals surface area (Å²) in [5.74, 6) is -1.00. The first-order chi connectivity index (χ1) is 8.10. The highest BCUT2D eigenvalue weighted by Gasteiger charge is 2.45. The van der Waals surface area contributed by atoms with Crippen molar-refractivity contribution in [3.63, 3.8) is 0 Å². The van der Waals surface area contributed by atoms with Crippen molar-refractivity contribution in [3.8, 4) is 0 Å². The maximum absolute atomic E-state index is 11.6. The molecule has 0 aromatic carbocycles. The number of carbonyl (C=O) groups is 2. The zero-order valence-electron chi connectivity index (χ0n) is 10.3. The molecule has 0 radical (unpaired) electrons. The van der Waals surface area contributed by atoms with Crippen LogP contribution >= 0.6 is 0 Å². The number of hydrogen-bond acceptors (Lipinski definition) is 3. The largest absolute Gasteiger partial charge is 0.481 e. The Hall–Kier alpha value is -1.10. The third-order valence-corrected chi connectivity index (χ3v) is 3.26. The van der Waals surface area contributed by atoms with E-state index in [1.54, 1.807) is 0 Å². The van der Waals surface area contributed by atoms with Gasteiger partial charge in [0, 0.05) is 26.2 Å². The van der Waals surface area contributed by atoms with Gasteiger partial charge in [0.15, 0.2) is 0 Å². The number of carbonyl (C=O) groups excluding carboxylic acids is 1. The molecule has 0 aromatic heterocycles. The lowest BCUT2D eigenvalue weighted by Gasteiger charge is -2.36. The molecule has 1 fully saturated rings. The van der Waals surface area contributed by atoms with Gasteiger partial charge in [0.05, 0.1) is 5.41 Å². The maximum Gasteiger partial charge on any atom is 0.310 e. The Bertz CT molecular complexity index is 274. The minimum Gasteiger partial charge on any atom is -0.481 e. The minimum atomic E-state index is -0.840. The summed E-state index contributed by atoms with van der Waals surface area (Å²) < 4.78 is 5.14. The fourth-order valence-corrected chi connectivity index (χ4v) is 1.99.